The highest BCUT2D eigenvalue weighted by molar-refractivity contribution is 7.99. The lowest BCUT2D eigenvalue weighted by Crippen LogP contribution is -2.18. The third-order valence-corrected chi connectivity index (χ3v) is 18.3. The molecule has 0 saturated heterocycles. The highest BCUT2D eigenvalue weighted by Crippen LogP contribution is 2.42. The molecule has 624 valence electrons. The maximum Gasteiger partial charge on any atom is 0.131 e. The zero-order valence-electron chi connectivity index (χ0n) is 67.3. The number of ether oxygens (including phenoxy) is 3. The van der Waals surface area contributed by atoms with E-state index in [1.54, 1.807) is 248 Å². The fourth-order valence-corrected chi connectivity index (χ4v) is 12.0. The summed E-state index contributed by atoms with van der Waals surface area (Å²) < 4.78 is 16.9. The smallest absolute Gasteiger partial charge is 0.131 e. The highest BCUT2D eigenvalue weighted by Gasteiger charge is 2.23. The maximum atomic E-state index is 10.1. The van der Waals surface area contributed by atoms with Crippen molar-refractivity contribution in [2.24, 2.45) is 0 Å². The largest absolute Gasteiger partial charge is 0.508 e. The first-order chi connectivity index (χ1) is 59.1. The van der Waals surface area contributed by atoms with E-state index in [0.717, 1.165) is 54.4 Å². The van der Waals surface area contributed by atoms with Gasteiger partial charge in [0.1, 0.15) is 109 Å². The third-order valence-electron chi connectivity index (χ3n) is 17.3. The van der Waals surface area contributed by atoms with Crippen molar-refractivity contribution in [1.29, 1.82) is 0 Å². The van der Waals surface area contributed by atoms with Gasteiger partial charge in [-0.1, -0.05) is 195 Å². The summed E-state index contributed by atoms with van der Waals surface area (Å²) >= 11 is 1.79. The van der Waals surface area contributed by atoms with Gasteiger partial charge >= 0.3 is 0 Å². The van der Waals surface area contributed by atoms with Crippen LogP contribution in [-0.4, -0.2) is 103 Å². The average Bonchev–Trinajstić information content (AvgIpc) is 0.766. The Labute approximate surface area is 712 Å². The predicted octanol–water partition coefficient (Wildman–Crippen LogP) is 23.5. The van der Waals surface area contributed by atoms with Crippen LogP contribution in [0.3, 0.4) is 0 Å². The van der Waals surface area contributed by atoms with Crippen molar-refractivity contribution in [3.63, 3.8) is 0 Å². The van der Waals surface area contributed by atoms with Crippen LogP contribution in [0.2, 0.25) is 0 Å². The minimum Gasteiger partial charge on any atom is -0.508 e. The van der Waals surface area contributed by atoms with Crippen molar-refractivity contribution < 1.29 is 95.9 Å². The molecule has 20 heteroatoms. The summed E-state index contributed by atoms with van der Waals surface area (Å²) in [6.07, 6.45) is 0. The molecule has 0 spiro atoms. The van der Waals surface area contributed by atoms with E-state index in [-0.39, 0.29) is 74.4 Å². The molecule has 0 aromatic heterocycles. The average molecular weight is 1660 g/mol. The second kappa shape index (κ2) is 49.6. The van der Waals surface area contributed by atoms with Crippen LogP contribution in [-0.2, 0) is 5.41 Å². The van der Waals surface area contributed by atoms with E-state index < -0.39 is 0 Å². The van der Waals surface area contributed by atoms with Gasteiger partial charge < -0.3 is 95.9 Å². The van der Waals surface area contributed by atoms with Gasteiger partial charge in [0, 0.05) is 64.1 Å². The second-order valence-corrected chi connectivity index (χ2v) is 27.3. The Bertz CT molecular complexity index is 5450. The van der Waals surface area contributed by atoms with Crippen molar-refractivity contribution in [2.45, 2.75) is 29.1 Å². The first kappa shape index (κ1) is 93.7. The van der Waals surface area contributed by atoms with E-state index in [1.807, 2.05) is 109 Å². The van der Waals surface area contributed by atoms with E-state index in [1.165, 1.54) is 9.79 Å². The molecule has 19 nitrogen and oxygen atoms in total. The molecule has 17 rings (SSSR count). The van der Waals surface area contributed by atoms with Gasteiger partial charge in [0.05, 0.1) is 0 Å². The number of phenolic OH excluding ortho intramolecular Hbond substituents is 13. The standard InChI is InChI=1S/C18H14O4.C15H16O2.C14H10O2.C12H10O3.C12H10O2.C12H10S.C10H8O2.C6H6O.3CH4O/c19-13-4-8-15(9-5-13)21-17-2-1-3-18(12-17)22-16-10-6-14(20)7-11-16;1-15(2,11-3-7-13(16)8-4-11)12-5-9-14(17)10-6-12;15-13-9-5-1-2-6-10(9)14(16)12-8-4-3-7-11(12)13;13-9-1-5-11(6-2-9)15-12-7-3-10(14)4-8-12;13-11-5-1-9(2-6-11)10-3-7-12(14)8-4-10;1-3-7-11(8-4-1)13-12-9-5-2-6-10-12;11-9-3-1-7-5-10(12)4-2-8(7)6-9;7-6-4-2-1-3-5-6;3*1-2/h1-12,19-20H;3-10,16-17H,1-2H3;1-8,15-16H;1-8,13-14H;1-8,13-14H;1-10H;1-6,11-12H;1-5,7H;3*2H,1H3. The number of hydrogen-bond acceptors (Lipinski definition) is 20. The van der Waals surface area contributed by atoms with Gasteiger partial charge in [-0.25, -0.2) is 0 Å². The molecule has 0 atom stereocenters. The summed E-state index contributed by atoms with van der Waals surface area (Å²) in [4.78, 5) is 2.57. The van der Waals surface area contributed by atoms with Crippen LogP contribution in [0.25, 0.3) is 43.4 Å². The van der Waals surface area contributed by atoms with E-state index in [2.05, 4.69) is 62.4 Å². The lowest BCUT2D eigenvalue weighted by Gasteiger charge is -2.26. The summed E-state index contributed by atoms with van der Waals surface area (Å²) in [5.74, 6) is 6.89. The molecule has 17 aromatic carbocycles. The number of fused-ring (bicyclic) bond motifs is 3. The van der Waals surface area contributed by atoms with Crippen LogP contribution >= 0.6 is 11.8 Å². The van der Waals surface area contributed by atoms with Crippen LogP contribution < -0.4 is 14.2 Å². The van der Waals surface area contributed by atoms with Gasteiger partial charge in [-0.2, -0.15) is 0 Å². The Morgan fingerprint density at radius 2 is 0.418 bits per heavy atom. The van der Waals surface area contributed by atoms with Gasteiger partial charge in [-0.15, -0.1) is 0 Å². The molecule has 0 unspecified atom stereocenters. The number of benzene rings is 17. The van der Waals surface area contributed by atoms with Crippen molar-refractivity contribution in [2.75, 3.05) is 21.3 Å². The van der Waals surface area contributed by atoms with Crippen molar-refractivity contribution in [3.05, 3.63) is 405 Å². The van der Waals surface area contributed by atoms with Crippen LogP contribution in [0.4, 0.5) is 0 Å². The number of para-hydroxylation sites is 1. The molecule has 0 bridgehead atoms. The SMILES string of the molecule is CC(C)(c1ccc(O)cc1)c1ccc(O)cc1.CO.CO.CO.Oc1c2ccccc2c(O)c2ccccc12.Oc1ccc(-c2ccc(O)cc2)cc1.Oc1ccc(Oc2ccc(O)cc2)cc1.Oc1ccc(Oc2cccc(Oc3ccc(O)cc3)c2)cc1.Oc1ccc2cc(O)ccc2c1.Oc1ccccc1.c1ccc(Sc2ccccc2)cc1. The van der Waals surface area contributed by atoms with Gasteiger partial charge in [-0.05, 0) is 251 Å². The highest BCUT2D eigenvalue weighted by atomic mass is 32.2. The topological polar surface area (TPSA) is 351 Å². The summed E-state index contributed by atoms with van der Waals surface area (Å²) in [6.45, 7) is 4.23. The normalized spacial score (nSPS) is 9.93. The number of hydrogen-bond donors (Lipinski definition) is 16. The Kier molecular flexibility index (Phi) is 38.1. The second-order valence-electron chi connectivity index (χ2n) is 26.1. The van der Waals surface area contributed by atoms with E-state index in [4.69, 9.17) is 65.3 Å². The molecule has 0 aliphatic heterocycles. The molecular weight excluding hydrogens is 1560 g/mol. The van der Waals surface area contributed by atoms with Gasteiger partial charge in [0.15, 0.2) is 0 Å². The number of rotatable bonds is 11. The Morgan fingerprint density at radius 3 is 0.680 bits per heavy atom. The minimum absolute atomic E-state index is 0.151. The van der Waals surface area contributed by atoms with Crippen molar-refractivity contribution in [1.82, 2.24) is 0 Å². The fraction of sp³-hybridized carbons (Fsp3) is 0.0588. The van der Waals surface area contributed by atoms with E-state index in [9.17, 15) is 30.6 Å². The van der Waals surface area contributed by atoms with Crippen molar-refractivity contribution >= 4 is 44.1 Å². The molecular formula is C102H96O19S. The Hall–Kier alpha value is -15.5. The molecule has 0 amide bonds. The van der Waals surface area contributed by atoms with E-state index >= 15 is 0 Å². The Balaban J connectivity index is 0.000000192. The zero-order chi connectivity index (χ0) is 88.2. The molecule has 0 heterocycles. The van der Waals surface area contributed by atoms with Crippen molar-refractivity contribution in [3.8, 4) is 120 Å². The predicted molar refractivity (Wildman–Crippen MR) is 484 cm³/mol. The summed E-state index contributed by atoms with van der Waals surface area (Å²) in [5.41, 5.74) is 4.13. The van der Waals surface area contributed by atoms with Gasteiger partial charge in [0.25, 0.3) is 0 Å². The minimum atomic E-state index is -0.151. The number of aliphatic hydroxyl groups is 3. The quantitative estimate of drug-likeness (QED) is 0.0422. The van der Waals surface area contributed by atoms with Crippen LogP contribution in [0.15, 0.2) is 404 Å². The molecule has 0 fully saturated rings. The maximum absolute atomic E-state index is 10.1. The monoisotopic (exact) mass is 1660 g/mol. The zero-order valence-corrected chi connectivity index (χ0v) is 68.1. The number of phenols is 13. The first-order valence-corrected chi connectivity index (χ1v) is 38.5. The number of aromatic hydroxyl groups is 13. The summed E-state index contributed by atoms with van der Waals surface area (Å²) in [7, 11) is 3.00. The molecule has 17 aromatic rings. The molecule has 16 N–H and O–H groups in total. The molecule has 0 radical (unpaired) electrons. The number of aliphatic hydroxyl groups excluding tert-OH is 3. The van der Waals surface area contributed by atoms with Gasteiger partial charge in [-0.3, -0.25) is 0 Å². The summed E-state index contributed by atoms with van der Waals surface area (Å²) in [5, 5.41) is 146. The molecule has 0 aliphatic carbocycles. The van der Waals surface area contributed by atoms with E-state index in [0.29, 0.717) is 61.8 Å². The third kappa shape index (κ3) is 30.9. The molecule has 122 heavy (non-hydrogen) atoms. The summed E-state index contributed by atoms with van der Waals surface area (Å²) in [6, 6.07) is 116. The Morgan fingerprint density at radius 1 is 0.197 bits per heavy atom. The molecule has 0 saturated carbocycles. The van der Waals surface area contributed by atoms with Crippen LogP contribution in [0.1, 0.15) is 25.0 Å². The fourth-order valence-electron chi connectivity index (χ4n) is 11.1. The van der Waals surface area contributed by atoms with Gasteiger partial charge in [0.2, 0.25) is 0 Å². The lowest BCUT2D eigenvalue weighted by atomic mass is 9.78. The molecule has 0 aliphatic rings. The lowest BCUT2D eigenvalue weighted by molar-refractivity contribution is 0.399. The van der Waals surface area contributed by atoms with Crippen LogP contribution in [0.5, 0.6) is 109 Å². The first-order valence-electron chi connectivity index (χ1n) is 37.6. The van der Waals surface area contributed by atoms with Crippen LogP contribution in [0, 0.1) is 0 Å².